The standard InChI is InChI=1S/C14H30N2/c1-4-13-7-10-16(11-8-13)12-9-15-14(5-2)6-3/h13-15H,4-12H2,1-3H3. The first-order chi connectivity index (χ1) is 7.80. The Morgan fingerprint density at radius 2 is 1.75 bits per heavy atom. The lowest BCUT2D eigenvalue weighted by molar-refractivity contribution is 0.180. The van der Waals surface area contributed by atoms with E-state index in [1.807, 2.05) is 0 Å². The SMILES string of the molecule is CCC1CCN(CCNC(CC)CC)CC1. The van der Waals surface area contributed by atoms with E-state index in [0.29, 0.717) is 0 Å². The third-order valence-corrected chi connectivity index (χ3v) is 4.13. The van der Waals surface area contributed by atoms with E-state index in [-0.39, 0.29) is 0 Å². The molecule has 0 aromatic heterocycles. The summed E-state index contributed by atoms with van der Waals surface area (Å²) in [7, 11) is 0. The van der Waals surface area contributed by atoms with Crippen molar-refractivity contribution in [3.05, 3.63) is 0 Å². The second kappa shape index (κ2) is 8.08. The molecule has 1 aliphatic rings. The van der Waals surface area contributed by atoms with Crippen LogP contribution in [0.5, 0.6) is 0 Å². The summed E-state index contributed by atoms with van der Waals surface area (Å²) in [5.41, 5.74) is 0. The third kappa shape index (κ3) is 4.84. The molecule has 1 heterocycles. The molecule has 1 aliphatic heterocycles. The highest BCUT2D eigenvalue weighted by molar-refractivity contribution is 4.72. The zero-order valence-electron chi connectivity index (χ0n) is 11.5. The summed E-state index contributed by atoms with van der Waals surface area (Å²) < 4.78 is 0. The fraction of sp³-hybridized carbons (Fsp3) is 1.00. The molecule has 0 amide bonds. The molecule has 0 unspecified atom stereocenters. The molecule has 1 fully saturated rings. The number of rotatable bonds is 7. The average Bonchev–Trinajstić information content (AvgIpc) is 2.35. The van der Waals surface area contributed by atoms with E-state index in [0.717, 1.165) is 12.0 Å². The molecule has 0 bridgehead atoms. The van der Waals surface area contributed by atoms with Crippen LogP contribution in [-0.2, 0) is 0 Å². The lowest BCUT2D eigenvalue weighted by Crippen LogP contribution is -2.40. The molecular formula is C14H30N2. The van der Waals surface area contributed by atoms with Gasteiger partial charge in [-0.05, 0) is 44.7 Å². The van der Waals surface area contributed by atoms with Crippen molar-refractivity contribution in [1.82, 2.24) is 10.2 Å². The topological polar surface area (TPSA) is 15.3 Å². The van der Waals surface area contributed by atoms with Crippen molar-refractivity contribution >= 4 is 0 Å². The van der Waals surface area contributed by atoms with Crippen LogP contribution in [0.3, 0.4) is 0 Å². The van der Waals surface area contributed by atoms with Crippen molar-refractivity contribution in [2.24, 2.45) is 5.92 Å². The predicted molar refractivity (Wildman–Crippen MR) is 71.8 cm³/mol. The van der Waals surface area contributed by atoms with Crippen molar-refractivity contribution in [2.45, 2.75) is 58.9 Å². The summed E-state index contributed by atoms with van der Waals surface area (Å²) in [6.07, 6.45) is 6.73. The first kappa shape index (κ1) is 14.0. The first-order valence-corrected chi connectivity index (χ1v) is 7.25. The second-order valence-corrected chi connectivity index (χ2v) is 5.16. The molecule has 1 saturated heterocycles. The Labute approximate surface area is 102 Å². The van der Waals surface area contributed by atoms with Crippen LogP contribution in [0.2, 0.25) is 0 Å². The molecule has 1 N–H and O–H groups in total. The number of likely N-dealkylation sites (tertiary alicyclic amines) is 1. The van der Waals surface area contributed by atoms with Gasteiger partial charge in [0.25, 0.3) is 0 Å². The minimum Gasteiger partial charge on any atom is -0.313 e. The molecule has 2 nitrogen and oxygen atoms in total. The minimum atomic E-state index is 0.730. The highest BCUT2D eigenvalue weighted by Crippen LogP contribution is 2.19. The van der Waals surface area contributed by atoms with E-state index in [1.54, 1.807) is 0 Å². The van der Waals surface area contributed by atoms with Gasteiger partial charge in [-0.1, -0.05) is 27.2 Å². The summed E-state index contributed by atoms with van der Waals surface area (Å²) >= 11 is 0. The molecule has 0 radical (unpaired) electrons. The Balaban J connectivity index is 2.06. The van der Waals surface area contributed by atoms with Crippen molar-refractivity contribution in [3.8, 4) is 0 Å². The van der Waals surface area contributed by atoms with Crippen molar-refractivity contribution in [3.63, 3.8) is 0 Å². The monoisotopic (exact) mass is 226 g/mol. The van der Waals surface area contributed by atoms with E-state index >= 15 is 0 Å². The lowest BCUT2D eigenvalue weighted by atomic mass is 9.94. The van der Waals surface area contributed by atoms with Gasteiger partial charge in [-0.2, -0.15) is 0 Å². The summed E-state index contributed by atoms with van der Waals surface area (Å²) in [5, 5.41) is 3.65. The van der Waals surface area contributed by atoms with E-state index in [2.05, 4.69) is 31.0 Å². The number of nitrogens with one attached hydrogen (secondary N) is 1. The highest BCUT2D eigenvalue weighted by Gasteiger charge is 2.17. The molecule has 96 valence electrons. The molecule has 0 aromatic carbocycles. The minimum absolute atomic E-state index is 0.730. The smallest absolute Gasteiger partial charge is 0.0107 e. The largest absolute Gasteiger partial charge is 0.313 e. The van der Waals surface area contributed by atoms with E-state index < -0.39 is 0 Å². The van der Waals surface area contributed by atoms with E-state index in [9.17, 15) is 0 Å². The lowest BCUT2D eigenvalue weighted by Gasteiger charge is -2.31. The maximum absolute atomic E-state index is 3.65. The quantitative estimate of drug-likeness (QED) is 0.718. The Morgan fingerprint density at radius 3 is 2.25 bits per heavy atom. The van der Waals surface area contributed by atoms with Gasteiger partial charge >= 0.3 is 0 Å². The first-order valence-electron chi connectivity index (χ1n) is 7.25. The molecule has 16 heavy (non-hydrogen) atoms. The Kier molecular flexibility index (Phi) is 7.06. The molecule has 0 aliphatic carbocycles. The van der Waals surface area contributed by atoms with Crippen LogP contribution < -0.4 is 5.32 Å². The van der Waals surface area contributed by atoms with Gasteiger partial charge in [0.15, 0.2) is 0 Å². The fourth-order valence-corrected chi connectivity index (χ4v) is 2.62. The molecule has 0 saturated carbocycles. The van der Waals surface area contributed by atoms with Crippen molar-refractivity contribution in [1.29, 1.82) is 0 Å². The zero-order chi connectivity index (χ0) is 11.8. The van der Waals surface area contributed by atoms with Crippen LogP contribution in [-0.4, -0.2) is 37.1 Å². The van der Waals surface area contributed by atoms with Crippen LogP contribution >= 0.6 is 0 Å². The van der Waals surface area contributed by atoms with Gasteiger partial charge in [0.1, 0.15) is 0 Å². The fourth-order valence-electron chi connectivity index (χ4n) is 2.62. The maximum atomic E-state index is 3.65. The maximum Gasteiger partial charge on any atom is 0.0107 e. The van der Waals surface area contributed by atoms with Gasteiger partial charge in [0, 0.05) is 19.1 Å². The van der Waals surface area contributed by atoms with Crippen LogP contribution in [0.25, 0.3) is 0 Å². The van der Waals surface area contributed by atoms with Crippen LogP contribution in [0.4, 0.5) is 0 Å². The van der Waals surface area contributed by atoms with Crippen LogP contribution in [0.1, 0.15) is 52.9 Å². The van der Waals surface area contributed by atoms with Gasteiger partial charge in [-0.15, -0.1) is 0 Å². The summed E-state index contributed by atoms with van der Waals surface area (Å²) in [6.45, 7) is 11.9. The van der Waals surface area contributed by atoms with Gasteiger partial charge in [-0.3, -0.25) is 0 Å². The molecular weight excluding hydrogens is 196 g/mol. The summed E-state index contributed by atoms with van der Waals surface area (Å²) in [6, 6.07) is 0.730. The van der Waals surface area contributed by atoms with Gasteiger partial charge in [0.2, 0.25) is 0 Å². The highest BCUT2D eigenvalue weighted by atomic mass is 15.1. The number of hydrogen-bond acceptors (Lipinski definition) is 2. The average molecular weight is 226 g/mol. The Hall–Kier alpha value is -0.0800. The Morgan fingerprint density at radius 1 is 1.12 bits per heavy atom. The van der Waals surface area contributed by atoms with Gasteiger partial charge in [-0.25, -0.2) is 0 Å². The second-order valence-electron chi connectivity index (χ2n) is 5.16. The number of hydrogen-bond donors (Lipinski definition) is 1. The van der Waals surface area contributed by atoms with Crippen molar-refractivity contribution < 1.29 is 0 Å². The molecule has 0 atom stereocenters. The molecule has 1 rings (SSSR count). The van der Waals surface area contributed by atoms with Crippen LogP contribution in [0.15, 0.2) is 0 Å². The number of nitrogens with zero attached hydrogens (tertiary/aromatic N) is 1. The molecule has 2 heteroatoms. The molecule has 0 spiro atoms. The normalized spacial score (nSPS) is 19.5. The summed E-state index contributed by atoms with van der Waals surface area (Å²) in [5.74, 6) is 1.00. The third-order valence-electron chi connectivity index (χ3n) is 4.13. The predicted octanol–water partition coefficient (Wildman–Crippen LogP) is 2.89. The van der Waals surface area contributed by atoms with Crippen LogP contribution in [0, 0.1) is 5.92 Å². The van der Waals surface area contributed by atoms with Gasteiger partial charge < -0.3 is 10.2 Å². The zero-order valence-corrected chi connectivity index (χ0v) is 11.5. The summed E-state index contributed by atoms with van der Waals surface area (Å²) in [4.78, 5) is 2.63. The van der Waals surface area contributed by atoms with Gasteiger partial charge in [0.05, 0.1) is 0 Å². The Bertz CT molecular complexity index is 158. The van der Waals surface area contributed by atoms with E-state index in [4.69, 9.17) is 0 Å². The van der Waals surface area contributed by atoms with E-state index in [1.165, 1.54) is 58.3 Å². The molecule has 0 aromatic rings. The van der Waals surface area contributed by atoms with Crippen molar-refractivity contribution in [2.75, 3.05) is 26.2 Å². The number of piperidine rings is 1.